The van der Waals surface area contributed by atoms with Crippen molar-refractivity contribution in [1.82, 2.24) is 25.3 Å². The van der Waals surface area contributed by atoms with Crippen molar-refractivity contribution >= 4 is 28.5 Å². The van der Waals surface area contributed by atoms with E-state index < -0.39 is 5.76 Å². The van der Waals surface area contributed by atoms with E-state index in [-0.39, 0.29) is 13.4 Å². The Labute approximate surface area is 274 Å². The van der Waals surface area contributed by atoms with Gasteiger partial charge in [-0.2, -0.15) is 0 Å². The highest BCUT2D eigenvalue weighted by Gasteiger charge is 2.25. The minimum atomic E-state index is -0.455. The zero-order chi connectivity index (χ0) is 33.4. The van der Waals surface area contributed by atoms with Crippen LogP contribution in [0.25, 0.3) is 11.2 Å². The quantitative estimate of drug-likeness (QED) is 0.212. The molecule has 6 heterocycles. The van der Waals surface area contributed by atoms with Gasteiger partial charge in [0.25, 0.3) is 0 Å². The minimum Gasteiger partial charge on any atom is -0.424 e. The monoisotopic (exact) mass is 643 g/mol. The molecule has 0 saturated heterocycles. The highest BCUT2D eigenvalue weighted by atomic mass is 32.1. The predicted octanol–water partition coefficient (Wildman–Crippen LogP) is 8.93. The van der Waals surface area contributed by atoms with E-state index in [1.165, 1.54) is 15.6 Å². The molecule has 45 heavy (non-hydrogen) atoms. The maximum absolute atomic E-state index is 11.0. The first-order chi connectivity index (χ1) is 21.1. The van der Waals surface area contributed by atoms with Crippen LogP contribution in [0.1, 0.15) is 141 Å². The molecule has 0 radical (unpaired) electrons. The SMILES string of the molecule is C.CC.CC.CC.CC(C)c1ccnc2c1OC(=O)C2.CC(C)c1cnc2[nH]c(=O)oc2c1.CC(C)c1nc2c(s1)CNCC2. The summed E-state index contributed by atoms with van der Waals surface area (Å²) in [5, 5.41) is 4.66. The van der Waals surface area contributed by atoms with Crippen LogP contribution >= 0.6 is 11.3 Å². The first-order valence-corrected chi connectivity index (χ1v) is 16.8. The number of carbonyl (C=O) groups is 1. The van der Waals surface area contributed by atoms with Crippen LogP contribution in [0.15, 0.2) is 33.7 Å². The summed E-state index contributed by atoms with van der Waals surface area (Å²) in [5.41, 5.74) is 5.27. The number of carbonyl (C=O) groups excluding carboxylic acids is 1. The van der Waals surface area contributed by atoms with Crippen LogP contribution in [0, 0.1) is 0 Å². The topological polar surface area (TPSA) is 123 Å². The number of H-pyrrole nitrogens is 1. The summed E-state index contributed by atoms with van der Waals surface area (Å²) >= 11 is 1.87. The molecule has 2 aliphatic heterocycles. The van der Waals surface area contributed by atoms with E-state index in [1.54, 1.807) is 12.4 Å². The number of rotatable bonds is 3. The van der Waals surface area contributed by atoms with Gasteiger partial charge in [-0.1, -0.05) is 90.5 Å². The maximum Gasteiger partial charge on any atom is 0.418 e. The lowest BCUT2D eigenvalue weighted by atomic mass is 10.0. The van der Waals surface area contributed by atoms with Gasteiger partial charge in [0.2, 0.25) is 0 Å². The summed E-state index contributed by atoms with van der Waals surface area (Å²) in [6, 6.07) is 3.74. The number of oxazole rings is 1. The molecule has 0 spiro atoms. The molecule has 252 valence electrons. The highest BCUT2D eigenvalue weighted by molar-refractivity contribution is 7.11. The Morgan fingerprint density at radius 3 is 2.13 bits per heavy atom. The Morgan fingerprint density at radius 2 is 1.56 bits per heavy atom. The van der Waals surface area contributed by atoms with Crippen molar-refractivity contribution in [2.24, 2.45) is 0 Å². The summed E-state index contributed by atoms with van der Waals surface area (Å²) in [7, 11) is 0. The third-order valence-corrected chi connectivity index (χ3v) is 7.63. The number of nitrogens with one attached hydrogen (secondary N) is 2. The molecule has 2 aliphatic rings. The molecule has 0 bridgehead atoms. The average molecular weight is 644 g/mol. The summed E-state index contributed by atoms with van der Waals surface area (Å²) in [5.74, 6) is 1.36. The zero-order valence-corrected chi connectivity index (χ0v) is 29.6. The number of pyridine rings is 2. The highest BCUT2D eigenvalue weighted by Crippen LogP contribution is 2.32. The van der Waals surface area contributed by atoms with Gasteiger partial charge in [0.15, 0.2) is 17.0 Å². The number of ether oxygens (including phenoxy) is 1. The molecule has 0 atom stereocenters. The Morgan fingerprint density at radius 1 is 0.889 bits per heavy atom. The maximum atomic E-state index is 11.0. The second-order valence-corrected chi connectivity index (χ2v) is 11.4. The molecule has 10 heteroatoms. The number of aromatic amines is 1. The Balaban J connectivity index is 0.000000589. The van der Waals surface area contributed by atoms with Crippen molar-refractivity contribution in [1.29, 1.82) is 0 Å². The molecule has 9 nitrogen and oxygen atoms in total. The first kappa shape index (κ1) is 41.6. The van der Waals surface area contributed by atoms with E-state index in [0.29, 0.717) is 41.2 Å². The molecule has 0 fully saturated rings. The van der Waals surface area contributed by atoms with Crippen LogP contribution in [0.5, 0.6) is 5.75 Å². The number of fused-ring (bicyclic) bond motifs is 3. The number of nitrogens with zero attached hydrogens (tertiary/aromatic N) is 3. The molecular formula is C35H57N5O4S. The number of thiazole rings is 1. The van der Waals surface area contributed by atoms with Gasteiger partial charge in [-0.15, -0.1) is 11.3 Å². The van der Waals surface area contributed by atoms with E-state index in [1.807, 2.05) is 65.0 Å². The normalized spacial score (nSPS) is 12.3. The molecule has 2 N–H and O–H groups in total. The molecule has 4 aromatic rings. The second kappa shape index (κ2) is 21.4. The Bertz CT molecular complexity index is 1450. The molecule has 0 saturated carbocycles. The van der Waals surface area contributed by atoms with Crippen LogP contribution in [-0.2, 0) is 24.2 Å². The van der Waals surface area contributed by atoms with E-state index in [2.05, 4.69) is 66.8 Å². The van der Waals surface area contributed by atoms with Crippen molar-refractivity contribution in [3.05, 3.63) is 67.5 Å². The fraction of sp³-hybridized carbons (Fsp3) is 0.571. The number of hydrogen-bond donors (Lipinski definition) is 2. The lowest BCUT2D eigenvalue weighted by Crippen LogP contribution is -2.22. The van der Waals surface area contributed by atoms with Gasteiger partial charge in [-0.3, -0.25) is 14.8 Å². The fourth-order valence-corrected chi connectivity index (χ4v) is 5.14. The third-order valence-electron chi connectivity index (χ3n) is 6.23. The number of esters is 1. The first-order valence-electron chi connectivity index (χ1n) is 16.0. The van der Waals surface area contributed by atoms with E-state index >= 15 is 0 Å². The molecule has 6 rings (SSSR count). The lowest BCUT2D eigenvalue weighted by molar-refractivity contribution is -0.131. The molecule has 4 aromatic heterocycles. The van der Waals surface area contributed by atoms with Gasteiger partial charge in [-0.05, 0) is 29.5 Å². The lowest BCUT2D eigenvalue weighted by Gasteiger charge is -2.09. The van der Waals surface area contributed by atoms with Crippen LogP contribution in [0.2, 0.25) is 0 Å². The zero-order valence-electron chi connectivity index (χ0n) is 28.8. The smallest absolute Gasteiger partial charge is 0.418 e. The number of aromatic nitrogens is 4. The second-order valence-electron chi connectivity index (χ2n) is 10.3. The van der Waals surface area contributed by atoms with Gasteiger partial charge in [0.1, 0.15) is 0 Å². The third kappa shape index (κ3) is 12.2. The Hall–Kier alpha value is -3.37. The average Bonchev–Trinajstić information content (AvgIpc) is 3.75. The van der Waals surface area contributed by atoms with E-state index in [4.69, 9.17) is 9.15 Å². The van der Waals surface area contributed by atoms with Crippen molar-refractivity contribution in [3.63, 3.8) is 0 Å². The van der Waals surface area contributed by atoms with Gasteiger partial charge in [0, 0.05) is 48.3 Å². The standard InChI is InChI=1S/C10H11NO2.C9H10N2O2.C9H14N2S.3C2H6.CH4/c1-6(2)7-3-4-11-8-5-9(12)13-10(7)8;1-5(2)6-3-7-8(10-4-6)11-9(12)13-7;1-6(2)9-11-7-3-4-10-5-8(7)12-9;3*1-2;/h3-4,6H,5H2,1-2H3;3-5H,1-2H3,(H,10,11,12);6,10H,3-5H2,1-2H3;3*1-2H3;1H4. The minimum absolute atomic E-state index is 0. The predicted molar refractivity (Wildman–Crippen MR) is 189 cm³/mol. The molecule has 0 unspecified atom stereocenters. The molecular weight excluding hydrogens is 586 g/mol. The summed E-state index contributed by atoms with van der Waals surface area (Å²) in [6.07, 6.45) is 4.91. The van der Waals surface area contributed by atoms with Gasteiger partial charge in [0.05, 0.1) is 22.8 Å². The van der Waals surface area contributed by atoms with Gasteiger partial charge < -0.3 is 14.5 Å². The van der Waals surface area contributed by atoms with E-state index in [0.717, 1.165) is 36.3 Å². The van der Waals surface area contributed by atoms with Crippen molar-refractivity contribution in [3.8, 4) is 5.75 Å². The summed E-state index contributed by atoms with van der Waals surface area (Å²) < 4.78 is 9.98. The summed E-state index contributed by atoms with van der Waals surface area (Å²) in [6.45, 7) is 26.8. The molecule has 0 aliphatic carbocycles. The van der Waals surface area contributed by atoms with Crippen molar-refractivity contribution in [2.75, 3.05) is 6.54 Å². The fourth-order valence-electron chi connectivity index (χ4n) is 4.06. The van der Waals surface area contributed by atoms with Crippen LogP contribution < -0.4 is 15.8 Å². The summed E-state index contributed by atoms with van der Waals surface area (Å²) in [4.78, 5) is 38.6. The number of hydrogen-bond acceptors (Lipinski definition) is 9. The van der Waals surface area contributed by atoms with Crippen LogP contribution in [0.4, 0.5) is 0 Å². The molecule has 0 aromatic carbocycles. The largest absolute Gasteiger partial charge is 0.424 e. The van der Waals surface area contributed by atoms with E-state index in [9.17, 15) is 9.59 Å². The van der Waals surface area contributed by atoms with Crippen molar-refractivity contribution < 1.29 is 13.9 Å². The van der Waals surface area contributed by atoms with Gasteiger partial charge >= 0.3 is 11.7 Å². The Kier molecular flexibility index (Phi) is 19.8. The van der Waals surface area contributed by atoms with Gasteiger partial charge in [-0.25, -0.2) is 14.8 Å². The van der Waals surface area contributed by atoms with Crippen LogP contribution in [-0.4, -0.2) is 32.4 Å². The van der Waals surface area contributed by atoms with Crippen molar-refractivity contribution in [2.45, 2.75) is 128 Å². The molecule has 0 amide bonds. The van der Waals surface area contributed by atoms with Crippen LogP contribution in [0.3, 0.4) is 0 Å².